The van der Waals surface area contributed by atoms with Crippen LogP contribution in [0.2, 0.25) is 0 Å². The summed E-state index contributed by atoms with van der Waals surface area (Å²) in [5.74, 6) is -0.844. The number of unbranched alkanes of at least 4 members (excludes halogenated alkanes) is 10. The van der Waals surface area contributed by atoms with Crippen LogP contribution in [-0.2, 0) is 28.5 Å². The van der Waals surface area contributed by atoms with Gasteiger partial charge in [-0.2, -0.15) is 0 Å². The first-order chi connectivity index (χ1) is 20.3. The van der Waals surface area contributed by atoms with Crippen LogP contribution in [0.3, 0.4) is 0 Å². The summed E-state index contributed by atoms with van der Waals surface area (Å²) < 4.78 is 21.8. The van der Waals surface area contributed by atoms with Crippen molar-refractivity contribution in [2.75, 3.05) is 19.8 Å². The van der Waals surface area contributed by atoms with Crippen LogP contribution in [0.25, 0.3) is 0 Å². The zero-order valence-corrected chi connectivity index (χ0v) is 25.7. The molecule has 0 aliphatic carbocycles. The Morgan fingerprint density at radius 1 is 0.762 bits per heavy atom. The first kappa shape index (κ1) is 38.2. The van der Waals surface area contributed by atoms with E-state index in [-0.39, 0.29) is 26.1 Å². The van der Waals surface area contributed by atoms with E-state index in [1.54, 1.807) is 0 Å². The summed E-state index contributed by atoms with van der Waals surface area (Å²) in [7, 11) is 0. The van der Waals surface area contributed by atoms with Crippen LogP contribution in [0, 0.1) is 0 Å². The molecular weight excluding hydrogens is 544 g/mol. The normalized spacial score (nSPS) is 23.4. The fraction of sp³-hybridized carbons (Fsp3) is 0.812. The number of hydrogen-bond acceptors (Lipinski definition) is 10. The molecule has 10 nitrogen and oxygen atoms in total. The Kier molecular flexibility index (Phi) is 22.4. The number of allylic oxidation sites excluding steroid dienone is 4. The fourth-order valence-corrected chi connectivity index (χ4v) is 4.60. The van der Waals surface area contributed by atoms with Gasteiger partial charge in [-0.1, -0.05) is 69.8 Å². The van der Waals surface area contributed by atoms with Crippen molar-refractivity contribution in [2.45, 2.75) is 147 Å². The highest BCUT2D eigenvalue weighted by atomic mass is 16.7. The van der Waals surface area contributed by atoms with E-state index in [1.807, 2.05) is 13.0 Å². The summed E-state index contributed by atoms with van der Waals surface area (Å²) in [5, 5.41) is 39.6. The second-order valence-corrected chi connectivity index (χ2v) is 10.9. The van der Waals surface area contributed by atoms with E-state index in [9.17, 15) is 30.0 Å². The summed E-state index contributed by atoms with van der Waals surface area (Å²) in [6.45, 7) is 3.03. The lowest BCUT2D eigenvalue weighted by molar-refractivity contribution is -0.305. The van der Waals surface area contributed by atoms with Crippen molar-refractivity contribution in [3.63, 3.8) is 0 Å². The van der Waals surface area contributed by atoms with Crippen molar-refractivity contribution in [1.29, 1.82) is 0 Å². The molecule has 10 heteroatoms. The lowest BCUT2D eigenvalue weighted by Gasteiger charge is -2.39. The number of esters is 2. The second kappa shape index (κ2) is 24.6. The van der Waals surface area contributed by atoms with Crippen molar-refractivity contribution in [3.8, 4) is 0 Å². The molecule has 42 heavy (non-hydrogen) atoms. The number of carbonyl (C=O) groups is 2. The van der Waals surface area contributed by atoms with Gasteiger partial charge in [0, 0.05) is 12.8 Å². The van der Waals surface area contributed by atoms with E-state index >= 15 is 0 Å². The lowest BCUT2D eigenvalue weighted by atomic mass is 9.99. The molecule has 0 spiro atoms. The summed E-state index contributed by atoms with van der Waals surface area (Å²) in [4.78, 5) is 24.8. The molecule has 0 amide bonds. The minimum Gasteiger partial charge on any atom is -0.462 e. The van der Waals surface area contributed by atoms with Gasteiger partial charge in [-0.25, -0.2) is 0 Å². The Bertz CT molecular complexity index is 754. The molecule has 244 valence electrons. The largest absolute Gasteiger partial charge is 0.462 e. The average molecular weight is 601 g/mol. The maximum atomic E-state index is 12.5. The summed E-state index contributed by atoms with van der Waals surface area (Å²) in [5.41, 5.74) is 0. The Labute approximate surface area is 252 Å². The molecule has 1 aliphatic heterocycles. The molecule has 1 aliphatic rings. The highest BCUT2D eigenvalue weighted by molar-refractivity contribution is 5.70. The third-order valence-corrected chi connectivity index (χ3v) is 7.16. The third kappa shape index (κ3) is 17.3. The van der Waals surface area contributed by atoms with E-state index in [4.69, 9.17) is 18.9 Å². The van der Waals surface area contributed by atoms with Crippen molar-refractivity contribution >= 4 is 11.9 Å². The van der Waals surface area contributed by atoms with Gasteiger partial charge in [-0.3, -0.25) is 9.59 Å². The van der Waals surface area contributed by atoms with Crippen molar-refractivity contribution < 1.29 is 49.0 Å². The first-order valence-electron chi connectivity index (χ1n) is 15.9. The maximum Gasteiger partial charge on any atom is 0.306 e. The van der Waals surface area contributed by atoms with Crippen molar-refractivity contribution in [2.24, 2.45) is 0 Å². The Morgan fingerprint density at radius 3 is 1.98 bits per heavy atom. The van der Waals surface area contributed by atoms with Crippen LogP contribution in [0.5, 0.6) is 0 Å². The van der Waals surface area contributed by atoms with Gasteiger partial charge in [0.05, 0.1) is 13.2 Å². The van der Waals surface area contributed by atoms with Crippen molar-refractivity contribution in [1.82, 2.24) is 0 Å². The number of carbonyl (C=O) groups excluding carboxylic acids is 2. The standard InChI is InChI=1S/C32H56O10/c1-3-5-7-9-11-13-15-17-19-21-28(35)41-25(23-39-27(34)20-18-16-14-12-10-8-6-4-2)24-40-32-31(38)30(37)29(36)26(22-33)42-32/h4-7,25-26,29-33,36-38H,3,8-24H2,1-2H3/b6-4-,7-5-/t25-,26-,29+,30+,31-,32-/m1/s1. The summed E-state index contributed by atoms with van der Waals surface area (Å²) in [6.07, 6.45) is 13.9. The fourth-order valence-electron chi connectivity index (χ4n) is 4.60. The maximum absolute atomic E-state index is 12.5. The van der Waals surface area contributed by atoms with Gasteiger partial charge in [-0.15, -0.1) is 0 Å². The molecule has 4 N–H and O–H groups in total. The molecule has 1 fully saturated rings. The van der Waals surface area contributed by atoms with Gasteiger partial charge in [0.25, 0.3) is 0 Å². The van der Waals surface area contributed by atoms with E-state index in [0.29, 0.717) is 12.8 Å². The van der Waals surface area contributed by atoms with Crippen LogP contribution in [0.4, 0.5) is 0 Å². The van der Waals surface area contributed by atoms with Gasteiger partial charge < -0.3 is 39.4 Å². The predicted molar refractivity (Wildman–Crippen MR) is 159 cm³/mol. The minimum absolute atomic E-state index is 0.217. The number of aliphatic hydroxyl groups excluding tert-OH is 4. The third-order valence-electron chi connectivity index (χ3n) is 7.16. The number of hydrogen-bond donors (Lipinski definition) is 4. The topological polar surface area (TPSA) is 152 Å². The number of aliphatic hydroxyl groups is 4. The van der Waals surface area contributed by atoms with Crippen LogP contribution >= 0.6 is 0 Å². The smallest absolute Gasteiger partial charge is 0.306 e. The SMILES string of the molecule is C/C=C\CCCCCCCC(=O)OC[C@H](CO[C@@H]1O[C@H](CO)[C@H](O)[C@H](O)[C@H]1O)OC(=O)CCCCCCC/C=C\CC. The van der Waals surface area contributed by atoms with Crippen LogP contribution in [-0.4, -0.2) is 89.0 Å². The van der Waals surface area contributed by atoms with Gasteiger partial charge in [-0.05, 0) is 51.9 Å². The Morgan fingerprint density at radius 2 is 1.36 bits per heavy atom. The zero-order chi connectivity index (χ0) is 31.0. The second-order valence-electron chi connectivity index (χ2n) is 10.9. The van der Waals surface area contributed by atoms with E-state index in [0.717, 1.165) is 70.6 Å². The first-order valence-corrected chi connectivity index (χ1v) is 15.9. The molecule has 0 aromatic carbocycles. The molecule has 6 atom stereocenters. The number of rotatable bonds is 24. The molecule has 1 heterocycles. The lowest BCUT2D eigenvalue weighted by Crippen LogP contribution is -2.59. The van der Waals surface area contributed by atoms with Crippen LogP contribution in [0.1, 0.15) is 110 Å². The van der Waals surface area contributed by atoms with E-state index < -0.39 is 55.4 Å². The Balaban J connectivity index is 2.50. The van der Waals surface area contributed by atoms with Gasteiger partial charge in [0.1, 0.15) is 31.0 Å². The van der Waals surface area contributed by atoms with Crippen LogP contribution in [0.15, 0.2) is 24.3 Å². The van der Waals surface area contributed by atoms with E-state index in [2.05, 4.69) is 25.2 Å². The molecule has 1 saturated heterocycles. The highest BCUT2D eigenvalue weighted by Gasteiger charge is 2.44. The monoisotopic (exact) mass is 600 g/mol. The molecule has 0 saturated carbocycles. The molecule has 0 unspecified atom stereocenters. The average Bonchev–Trinajstić information content (AvgIpc) is 2.98. The van der Waals surface area contributed by atoms with Gasteiger partial charge in [0.2, 0.25) is 0 Å². The highest BCUT2D eigenvalue weighted by Crippen LogP contribution is 2.22. The van der Waals surface area contributed by atoms with Gasteiger partial charge >= 0.3 is 11.9 Å². The summed E-state index contributed by atoms with van der Waals surface area (Å²) in [6, 6.07) is 0. The quantitative estimate of drug-likeness (QED) is 0.0718. The minimum atomic E-state index is -1.59. The van der Waals surface area contributed by atoms with Crippen molar-refractivity contribution in [3.05, 3.63) is 24.3 Å². The molecule has 0 radical (unpaired) electrons. The van der Waals surface area contributed by atoms with Crippen LogP contribution < -0.4 is 0 Å². The molecular formula is C32H56O10. The molecule has 1 rings (SSSR count). The van der Waals surface area contributed by atoms with Gasteiger partial charge in [0.15, 0.2) is 12.4 Å². The molecule has 0 bridgehead atoms. The zero-order valence-electron chi connectivity index (χ0n) is 25.7. The Hall–Kier alpha value is -1.82. The summed E-state index contributed by atoms with van der Waals surface area (Å²) >= 11 is 0. The molecule has 0 aromatic heterocycles. The predicted octanol–water partition coefficient (Wildman–Crippen LogP) is 4.26. The number of ether oxygens (including phenoxy) is 4. The van der Waals surface area contributed by atoms with E-state index in [1.165, 1.54) is 0 Å². The molecule has 0 aromatic rings.